The molecular formula is C16H15Cl2N3O6S. The largest absolute Gasteiger partial charge is 0.495 e. The summed E-state index contributed by atoms with van der Waals surface area (Å²) in [6.07, 6.45) is 0.908. The number of ether oxygens (including phenoxy) is 1. The molecule has 150 valence electrons. The van der Waals surface area contributed by atoms with Crippen LogP contribution in [0.1, 0.15) is 0 Å². The molecule has 0 radical (unpaired) electrons. The van der Waals surface area contributed by atoms with E-state index in [4.69, 9.17) is 27.9 Å². The Kier molecular flexibility index (Phi) is 6.70. The van der Waals surface area contributed by atoms with E-state index in [-0.39, 0.29) is 32.9 Å². The van der Waals surface area contributed by atoms with Crippen molar-refractivity contribution in [1.82, 2.24) is 0 Å². The van der Waals surface area contributed by atoms with Crippen molar-refractivity contribution in [3.05, 3.63) is 56.6 Å². The number of non-ortho nitro benzene ring substituents is 1. The first-order chi connectivity index (χ1) is 13.0. The number of carbonyl (C=O) groups is 1. The minimum absolute atomic E-state index is 0.0207. The van der Waals surface area contributed by atoms with Crippen LogP contribution in [-0.4, -0.2) is 39.2 Å². The molecule has 0 spiro atoms. The van der Waals surface area contributed by atoms with Crippen LogP contribution in [0.3, 0.4) is 0 Å². The number of hydrogen-bond acceptors (Lipinski definition) is 6. The van der Waals surface area contributed by atoms with Crippen molar-refractivity contribution in [2.24, 2.45) is 0 Å². The number of methoxy groups -OCH3 is 1. The van der Waals surface area contributed by atoms with E-state index in [1.807, 2.05) is 0 Å². The number of benzene rings is 2. The van der Waals surface area contributed by atoms with Gasteiger partial charge in [0.15, 0.2) is 0 Å². The van der Waals surface area contributed by atoms with Gasteiger partial charge in [-0.15, -0.1) is 0 Å². The zero-order valence-corrected chi connectivity index (χ0v) is 17.0. The Balaban J connectivity index is 2.34. The summed E-state index contributed by atoms with van der Waals surface area (Å²) in [5, 5.41) is 13.7. The number of nitro benzene ring substituents is 1. The van der Waals surface area contributed by atoms with Crippen LogP contribution in [0.25, 0.3) is 0 Å². The number of nitro groups is 1. The second-order valence-electron chi connectivity index (χ2n) is 5.56. The maximum atomic E-state index is 12.5. The third-order valence-corrected chi connectivity index (χ3v) is 5.21. The molecule has 2 rings (SSSR count). The molecule has 0 fully saturated rings. The number of amides is 1. The maximum absolute atomic E-state index is 12.5. The number of sulfonamides is 1. The second-order valence-corrected chi connectivity index (χ2v) is 8.31. The van der Waals surface area contributed by atoms with Gasteiger partial charge in [0.2, 0.25) is 15.9 Å². The highest BCUT2D eigenvalue weighted by Gasteiger charge is 2.24. The molecule has 0 atom stereocenters. The molecule has 0 bridgehead atoms. The van der Waals surface area contributed by atoms with Crippen molar-refractivity contribution in [2.45, 2.75) is 0 Å². The summed E-state index contributed by atoms with van der Waals surface area (Å²) in [4.78, 5) is 22.8. The van der Waals surface area contributed by atoms with Crippen molar-refractivity contribution in [2.75, 3.05) is 29.5 Å². The van der Waals surface area contributed by atoms with E-state index in [1.54, 1.807) is 0 Å². The Labute approximate surface area is 171 Å². The zero-order chi connectivity index (χ0) is 21.1. The number of nitrogens with zero attached hydrogens (tertiary/aromatic N) is 2. The van der Waals surface area contributed by atoms with Crippen LogP contribution < -0.4 is 14.4 Å². The summed E-state index contributed by atoms with van der Waals surface area (Å²) in [6.45, 7) is -0.634. The molecule has 12 heteroatoms. The van der Waals surface area contributed by atoms with E-state index < -0.39 is 27.4 Å². The van der Waals surface area contributed by atoms with Gasteiger partial charge in [0.25, 0.3) is 5.69 Å². The molecule has 0 unspecified atom stereocenters. The highest BCUT2D eigenvalue weighted by atomic mass is 35.5. The zero-order valence-electron chi connectivity index (χ0n) is 14.7. The minimum atomic E-state index is -3.89. The monoisotopic (exact) mass is 447 g/mol. The number of rotatable bonds is 7. The van der Waals surface area contributed by atoms with Crippen molar-refractivity contribution in [3.8, 4) is 5.75 Å². The van der Waals surface area contributed by atoms with Gasteiger partial charge in [0.1, 0.15) is 12.3 Å². The van der Waals surface area contributed by atoms with Crippen LogP contribution in [0.4, 0.5) is 17.1 Å². The van der Waals surface area contributed by atoms with E-state index in [0.29, 0.717) is 0 Å². The first kappa shape index (κ1) is 21.7. The third-order valence-electron chi connectivity index (χ3n) is 3.53. The highest BCUT2D eigenvalue weighted by molar-refractivity contribution is 7.92. The number of anilines is 2. The summed E-state index contributed by atoms with van der Waals surface area (Å²) < 4.78 is 30.2. The lowest BCUT2D eigenvalue weighted by Gasteiger charge is -2.23. The fourth-order valence-electron chi connectivity index (χ4n) is 2.29. The molecule has 0 aliphatic carbocycles. The molecule has 1 amide bonds. The number of hydrogen-bond donors (Lipinski definition) is 1. The molecule has 0 saturated heterocycles. The Bertz CT molecular complexity index is 1030. The first-order valence-corrected chi connectivity index (χ1v) is 10.2. The van der Waals surface area contributed by atoms with Crippen LogP contribution in [0, 0.1) is 10.1 Å². The lowest BCUT2D eigenvalue weighted by atomic mass is 10.2. The molecule has 0 saturated carbocycles. The predicted molar refractivity (Wildman–Crippen MR) is 107 cm³/mol. The lowest BCUT2D eigenvalue weighted by molar-refractivity contribution is -0.384. The Hall–Kier alpha value is -2.56. The van der Waals surface area contributed by atoms with Gasteiger partial charge in [-0.1, -0.05) is 23.2 Å². The molecule has 28 heavy (non-hydrogen) atoms. The molecule has 2 aromatic carbocycles. The summed E-state index contributed by atoms with van der Waals surface area (Å²) >= 11 is 12.0. The average molecular weight is 448 g/mol. The Morgan fingerprint density at radius 2 is 1.93 bits per heavy atom. The van der Waals surface area contributed by atoms with E-state index >= 15 is 0 Å². The van der Waals surface area contributed by atoms with E-state index in [9.17, 15) is 23.3 Å². The van der Waals surface area contributed by atoms with Gasteiger partial charge in [-0.2, -0.15) is 0 Å². The fourth-order valence-corrected chi connectivity index (χ4v) is 3.58. The molecule has 1 N–H and O–H groups in total. The van der Waals surface area contributed by atoms with Crippen LogP contribution in [0.5, 0.6) is 5.75 Å². The highest BCUT2D eigenvalue weighted by Crippen LogP contribution is 2.32. The lowest BCUT2D eigenvalue weighted by Crippen LogP contribution is -2.37. The van der Waals surface area contributed by atoms with Crippen molar-refractivity contribution >= 4 is 56.2 Å². The molecule has 0 heterocycles. The minimum Gasteiger partial charge on any atom is -0.495 e. The summed E-state index contributed by atoms with van der Waals surface area (Å²) in [7, 11) is -2.57. The second kappa shape index (κ2) is 8.63. The van der Waals surface area contributed by atoms with Gasteiger partial charge >= 0.3 is 0 Å². The predicted octanol–water partition coefficient (Wildman–Crippen LogP) is 3.31. The Morgan fingerprint density at radius 3 is 2.50 bits per heavy atom. The summed E-state index contributed by atoms with van der Waals surface area (Å²) in [6, 6.07) is 7.82. The van der Waals surface area contributed by atoms with Crippen LogP contribution >= 0.6 is 23.2 Å². The molecular weight excluding hydrogens is 433 g/mol. The number of nitrogens with one attached hydrogen (secondary N) is 1. The quantitative estimate of drug-likeness (QED) is 0.513. The van der Waals surface area contributed by atoms with Crippen LogP contribution in [0.15, 0.2) is 36.4 Å². The topological polar surface area (TPSA) is 119 Å². The third kappa shape index (κ3) is 5.24. The van der Waals surface area contributed by atoms with Gasteiger partial charge < -0.3 is 10.1 Å². The number of halogens is 2. The summed E-state index contributed by atoms with van der Waals surface area (Å²) in [5.41, 5.74) is -0.223. The SMILES string of the molecule is COc1ccc([N+](=O)[O-])cc1NC(=O)CN(c1cc(Cl)ccc1Cl)S(C)(=O)=O. The van der Waals surface area contributed by atoms with Gasteiger partial charge in [0.05, 0.1) is 34.7 Å². The summed E-state index contributed by atoms with van der Waals surface area (Å²) in [5.74, 6) is -0.592. The van der Waals surface area contributed by atoms with Gasteiger partial charge in [-0.05, 0) is 24.3 Å². The molecule has 0 aromatic heterocycles. The van der Waals surface area contributed by atoms with E-state index in [2.05, 4.69) is 5.32 Å². The van der Waals surface area contributed by atoms with Crippen LogP contribution in [0.2, 0.25) is 10.0 Å². The van der Waals surface area contributed by atoms with E-state index in [0.717, 1.165) is 16.6 Å². The van der Waals surface area contributed by atoms with Crippen molar-refractivity contribution in [3.63, 3.8) is 0 Å². The molecule has 0 aliphatic heterocycles. The van der Waals surface area contributed by atoms with Gasteiger partial charge in [-0.25, -0.2) is 8.42 Å². The number of carbonyl (C=O) groups excluding carboxylic acids is 1. The maximum Gasteiger partial charge on any atom is 0.271 e. The van der Waals surface area contributed by atoms with Gasteiger partial charge in [-0.3, -0.25) is 19.2 Å². The van der Waals surface area contributed by atoms with Crippen molar-refractivity contribution in [1.29, 1.82) is 0 Å². The fraction of sp³-hybridized carbons (Fsp3) is 0.188. The standard InChI is InChI=1S/C16H15Cl2N3O6S/c1-27-15-6-4-11(21(23)24)8-13(15)19-16(22)9-20(28(2,25)26)14-7-10(17)3-5-12(14)18/h3-8H,9H2,1-2H3,(H,19,22). The Morgan fingerprint density at radius 1 is 1.25 bits per heavy atom. The van der Waals surface area contributed by atoms with Gasteiger partial charge in [0, 0.05) is 17.2 Å². The smallest absolute Gasteiger partial charge is 0.271 e. The van der Waals surface area contributed by atoms with Crippen LogP contribution in [-0.2, 0) is 14.8 Å². The molecule has 2 aromatic rings. The van der Waals surface area contributed by atoms with Crippen molar-refractivity contribution < 1.29 is 22.9 Å². The average Bonchev–Trinajstić information content (AvgIpc) is 2.61. The normalized spacial score (nSPS) is 11.0. The van der Waals surface area contributed by atoms with E-state index in [1.165, 1.54) is 37.4 Å². The first-order valence-electron chi connectivity index (χ1n) is 7.58. The molecule has 0 aliphatic rings. The molecule has 9 nitrogen and oxygen atoms in total.